The van der Waals surface area contributed by atoms with Crippen LogP contribution < -0.4 is 9.47 Å². The number of rotatable bonds is 4. The first kappa shape index (κ1) is 11.6. The van der Waals surface area contributed by atoms with Gasteiger partial charge in [0.25, 0.3) is 0 Å². The van der Waals surface area contributed by atoms with Crippen molar-refractivity contribution in [2.45, 2.75) is 6.92 Å². The molecule has 0 aliphatic carbocycles. The van der Waals surface area contributed by atoms with E-state index in [1.54, 1.807) is 14.2 Å². The first-order valence-corrected chi connectivity index (χ1v) is 4.71. The minimum atomic E-state index is 0.0638. The van der Waals surface area contributed by atoms with Crippen molar-refractivity contribution in [3.8, 4) is 11.5 Å². The minimum absolute atomic E-state index is 0.0638. The number of hydrogen-bond acceptors (Lipinski definition) is 3. The Hall–Kier alpha value is -1.48. The molecule has 1 N–H and O–H groups in total. The average Bonchev–Trinajstić information content (AvgIpc) is 2.28. The number of benzene rings is 1. The van der Waals surface area contributed by atoms with Crippen LogP contribution in [0.4, 0.5) is 0 Å². The van der Waals surface area contributed by atoms with E-state index in [-0.39, 0.29) is 6.61 Å². The Morgan fingerprint density at radius 2 is 1.93 bits per heavy atom. The monoisotopic (exact) mass is 208 g/mol. The quantitative estimate of drug-likeness (QED) is 0.823. The first-order valence-electron chi connectivity index (χ1n) is 4.71. The molecule has 0 amide bonds. The zero-order valence-electron chi connectivity index (χ0n) is 9.28. The normalized spacial score (nSPS) is 11.3. The lowest BCUT2D eigenvalue weighted by Gasteiger charge is -2.08. The first-order chi connectivity index (χ1) is 7.21. The van der Waals surface area contributed by atoms with Crippen molar-refractivity contribution >= 4 is 6.08 Å². The molecule has 0 saturated carbocycles. The predicted molar refractivity (Wildman–Crippen MR) is 60.3 cm³/mol. The molecule has 0 radical (unpaired) electrons. The van der Waals surface area contributed by atoms with Crippen molar-refractivity contribution in [1.29, 1.82) is 0 Å². The molecule has 0 heterocycles. The van der Waals surface area contributed by atoms with Crippen LogP contribution in [0.25, 0.3) is 6.08 Å². The third kappa shape index (κ3) is 2.99. The molecule has 0 bridgehead atoms. The van der Waals surface area contributed by atoms with Gasteiger partial charge in [-0.3, -0.25) is 0 Å². The summed E-state index contributed by atoms with van der Waals surface area (Å²) >= 11 is 0. The van der Waals surface area contributed by atoms with E-state index in [4.69, 9.17) is 14.6 Å². The second-order valence-electron chi connectivity index (χ2n) is 3.26. The van der Waals surface area contributed by atoms with Crippen LogP contribution in [0.15, 0.2) is 23.8 Å². The fourth-order valence-corrected chi connectivity index (χ4v) is 1.27. The molecular formula is C12H16O3. The molecule has 3 heteroatoms. The molecule has 82 valence electrons. The average molecular weight is 208 g/mol. The molecule has 0 unspecified atom stereocenters. The van der Waals surface area contributed by atoms with Crippen molar-refractivity contribution in [3.05, 3.63) is 29.3 Å². The molecule has 1 rings (SSSR count). The highest BCUT2D eigenvalue weighted by molar-refractivity contribution is 5.57. The van der Waals surface area contributed by atoms with Crippen LogP contribution in [0.1, 0.15) is 12.5 Å². The summed E-state index contributed by atoms with van der Waals surface area (Å²) in [7, 11) is 3.20. The van der Waals surface area contributed by atoms with Gasteiger partial charge in [-0.2, -0.15) is 0 Å². The molecule has 0 aromatic heterocycles. The van der Waals surface area contributed by atoms with Gasteiger partial charge in [-0.15, -0.1) is 0 Å². The van der Waals surface area contributed by atoms with E-state index in [2.05, 4.69) is 0 Å². The number of aliphatic hydroxyl groups excluding tert-OH is 1. The summed E-state index contributed by atoms with van der Waals surface area (Å²) in [5.74, 6) is 1.40. The van der Waals surface area contributed by atoms with E-state index in [1.165, 1.54) is 0 Å². The van der Waals surface area contributed by atoms with Gasteiger partial charge in [0, 0.05) is 0 Å². The Labute approximate surface area is 90.0 Å². The minimum Gasteiger partial charge on any atom is -0.493 e. The van der Waals surface area contributed by atoms with Gasteiger partial charge >= 0.3 is 0 Å². The lowest BCUT2D eigenvalue weighted by molar-refractivity contribution is 0.332. The maximum absolute atomic E-state index is 8.90. The van der Waals surface area contributed by atoms with Crippen LogP contribution in [-0.2, 0) is 0 Å². The molecule has 0 aliphatic rings. The third-order valence-electron chi connectivity index (χ3n) is 2.07. The van der Waals surface area contributed by atoms with E-state index in [0.717, 1.165) is 11.1 Å². The van der Waals surface area contributed by atoms with Gasteiger partial charge in [0.15, 0.2) is 11.5 Å². The van der Waals surface area contributed by atoms with E-state index in [0.29, 0.717) is 11.5 Å². The van der Waals surface area contributed by atoms with Crippen molar-refractivity contribution < 1.29 is 14.6 Å². The Kier molecular flexibility index (Phi) is 4.18. The van der Waals surface area contributed by atoms with Crippen LogP contribution in [0.3, 0.4) is 0 Å². The zero-order chi connectivity index (χ0) is 11.3. The lowest BCUT2D eigenvalue weighted by Crippen LogP contribution is -1.91. The SMILES string of the molecule is COc1ccc(C=C(C)CO)cc1OC. The van der Waals surface area contributed by atoms with Crippen LogP contribution in [-0.4, -0.2) is 25.9 Å². The van der Waals surface area contributed by atoms with Gasteiger partial charge in [-0.1, -0.05) is 12.1 Å². The van der Waals surface area contributed by atoms with E-state index in [1.807, 2.05) is 31.2 Å². The molecule has 0 fully saturated rings. The topological polar surface area (TPSA) is 38.7 Å². The zero-order valence-corrected chi connectivity index (χ0v) is 9.28. The third-order valence-corrected chi connectivity index (χ3v) is 2.07. The highest BCUT2D eigenvalue weighted by atomic mass is 16.5. The number of methoxy groups -OCH3 is 2. The lowest BCUT2D eigenvalue weighted by atomic mass is 10.1. The van der Waals surface area contributed by atoms with Crippen molar-refractivity contribution in [3.63, 3.8) is 0 Å². The van der Waals surface area contributed by atoms with Gasteiger partial charge in [0.2, 0.25) is 0 Å². The molecule has 0 atom stereocenters. The Balaban J connectivity index is 3.03. The highest BCUT2D eigenvalue weighted by Gasteiger charge is 2.02. The fraction of sp³-hybridized carbons (Fsp3) is 0.333. The van der Waals surface area contributed by atoms with E-state index >= 15 is 0 Å². The van der Waals surface area contributed by atoms with Crippen molar-refractivity contribution in [2.75, 3.05) is 20.8 Å². The second-order valence-corrected chi connectivity index (χ2v) is 3.26. The Morgan fingerprint density at radius 3 is 2.47 bits per heavy atom. The van der Waals surface area contributed by atoms with Gasteiger partial charge in [-0.05, 0) is 30.2 Å². The molecule has 1 aromatic rings. The molecule has 0 spiro atoms. The van der Waals surface area contributed by atoms with Gasteiger partial charge in [0.1, 0.15) is 0 Å². The smallest absolute Gasteiger partial charge is 0.161 e. The van der Waals surface area contributed by atoms with Gasteiger partial charge in [0.05, 0.1) is 20.8 Å². The van der Waals surface area contributed by atoms with Gasteiger partial charge in [-0.25, -0.2) is 0 Å². The maximum Gasteiger partial charge on any atom is 0.161 e. The molecular weight excluding hydrogens is 192 g/mol. The molecule has 3 nitrogen and oxygen atoms in total. The second kappa shape index (κ2) is 5.41. The highest BCUT2D eigenvalue weighted by Crippen LogP contribution is 2.28. The van der Waals surface area contributed by atoms with Crippen molar-refractivity contribution in [2.24, 2.45) is 0 Å². The van der Waals surface area contributed by atoms with Crippen LogP contribution >= 0.6 is 0 Å². The summed E-state index contributed by atoms with van der Waals surface area (Å²) < 4.78 is 10.3. The predicted octanol–water partition coefficient (Wildman–Crippen LogP) is 2.10. The van der Waals surface area contributed by atoms with Crippen LogP contribution in [0, 0.1) is 0 Å². The van der Waals surface area contributed by atoms with Gasteiger partial charge < -0.3 is 14.6 Å². The van der Waals surface area contributed by atoms with E-state index in [9.17, 15) is 0 Å². The summed E-state index contributed by atoms with van der Waals surface area (Å²) in [5.41, 5.74) is 1.89. The van der Waals surface area contributed by atoms with Crippen molar-refractivity contribution in [1.82, 2.24) is 0 Å². The molecule has 15 heavy (non-hydrogen) atoms. The standard InChI is InChI=1S/C12H16O3/c1-9(8-13)6-10-4-5-11(14-2)12(7-10)15-3/h4-7,13H,8H2,1-3H3. The maximum atomic E-state index is 8.90. The Bertz CT molecular complexity index is 356. The number of ether oxygens (including phenoxy) is 2. The Morgan fingerprint density at radius 1 is 1.27 bits per heavy atom. The summed E-state index contributed by atoms with van der Waals surface area (Å²) in [5, 5.41) is 8.90. The number of aliphatic hydroxyl groups is 1. The fourth-order valence-electron chi connectivity index (χ4n) is 1.27. The summed E-state index contributed by atoms with van der Waals surface area (Å²) in [6.45, 7) is 1.94. The molecule has 0 saturated heterocycles. The molecule has 0 aliphatic heterocycles. The molecule has 1 aromatic carbocycles. The summed E-state index contributed by atoms with van der Waals surface area (Å²) in [4.78, 5) is 0. The van der Waals surface area contributed by atoms with Crippen LogP contribution in [0.2, 0.25) is 0 Å². The van der Waals surface area contributed by atoms with E-state index < -0.39 is 0 Å². The largest absolute Gasteiger partial charge is 0.493 e. The summed E-state index contributed by atoms with van der Waals surface area (Å²) in [6, 6.07) is 5.63. The van der Waals surface area contributed by atoms with Crippen LogP contribution in [0.5, 0.6) is 11.5 Å². The summed E-state index contributed by atoms with van der Waals surface area (Å²) in [6.07, 6.45) is 1.90. The number of hydrogen-bond donors (Lipinski definition) is 1.